The Kier molecular flexibility index (Phi) is 9.46. The van der Waals surface area contributed by atoms with Gasteiger partial charge in [-0.15, -0.1) is 0 Å². The smallest absolute Gasteiger partial charge is 0.258 e. The van der Waals surface area contributed by atoms with E-state index in [0.717, 1.165) is 40.8 Å². The van der Waals surface area contributed by atoms with Gasteiger partial charge in [0.05, 0.1) is 6.10 Å². The van der Waals surface area contributed by atoms with Gasteiger partial charge in [0.2, 0.25) is 0 Å². The predicted octanol–water partition coefficient (Wildman–Crippen LogP) is 8.01. The summed E-state index contributed by atoms with van der Waals surface area (Å²) in [6.45, 7) is 6.84. The lowest BCUT2D eigenvalue weighted by Gasteiger charge is -2.41. The molecule has 0 saturated heterocycles. The lowest BCUT2D eigenvalue weighted by molar-refractivity contribution is 0.0489. The zero-order valence-corrected chi connectivity index (χ0v) is 25.6. The second kappa shape index (κ2) is 12.6. The fourth-order valence-electron chi connectivity index (χ4n) is 5.68. The highest BCUT2D eigenvalue weighted by atomic mass is 31.2. The van der Waals surface area contributed by atoms with Gasteiger partial charge in [-0.05, 0) is 84.7 Å². The van der Waals surface area contributed by atoms with Crippen LogP contribution < -0.4 is 20.4 Å². The zero-order chi connectivity index (χ0) is 28.2. The predicted molar refractivity (Wildman–Crippen MR) is 168 cm³/mol. The molecule has 210 valence electrons. The number of rotatable bonds is 10. The van der Waals surface area contributed by atoms with E-state index in [4.69, 9.17) is 4.52 Å². The van der Waals surface area contributed by atoms with Gasteiger partial charge in [0.15, 0.2) is 0 Å². The summed E-state index contributed by atoms with van der Waals surface area (Å²) in [6.07, 6.45) is 3.18. The molecule has 4 rings (SSSR count). The molecule has 5 atom stereocenters. The van der Waals surface area contributed by atoms with Gasteiger partial charge < -0.3 is 19.6 Å². The maximum atomic E-state index is 15.7. The van der Waals surface area contributed by atoms with Crippen LogP contribution in [0.15, 0.2) is 78.9 Å². The Hall–Kier alpha value is -2.75. The van der Waals surface area contributed by atoms with Crippen LogP contribution >= 0.6 is 7.37 Å². The molecule has 1 fully saturated rings. The van der Waals surface area contributed by atoms with Crippen molar-refractivity contribution < 1.29 is 9.09 Å². The van der Waals surface area contributed by atoms with Crippen LogP contribution in [0.4, 0.5) is 17.1 Å². The average Bonchev–Trinajstić information content (AvgIpc) is 2.92. The third-order valence-corrected chi connectivity index (χ3v) is 10.8. The van der Waals surface area contributed by atoms with Gasteiger partial charge in [-0.1, -0.05) is 57.5 Å². The van der Waals surface area contributed by atoms with Crippen molar-refractivity contribution in [1.29, 1.82) is 0 Å². The lowest BCUT2D eigenvalue weighted by Crippen LogP contribution is -2.35. The second-order valence-electron chi connectivity index (χ2n) is 11.9. The largest absolute Gasteiger partial charge is 0.378 e. The molecule has 3 aromatic carbocycles. The van der Waals surface area contributed by atoms with Gasteiger partial charge in [0.25, 0.3) is 7.37 Å². The molecular formula is C33H46N3O2P. The Morgan fingerprint density at radius 2 is 1.38 bits per heavy atom. The van der Waals surface area contributed by atoms with Gasteiger partial charge in [-0.25, -0.2) is 0 Å². The number of benzene rings is 3. The fraction of sp³-hybridized carbons (Fsp3) is 0.455. The minimum atomic E-state index is -3.47. The van der Waals surface area contributed by atoms with Crippen molar-refractivity contribution in [1.82, 2.24) is 0 Å². The highest BCUT2D eigenvalue weighted by Crippen LogP contribution is 2.61. The standard InChI is InChI=1S/C33H46N3O2P/c1-24(2)31-22-13-25(3)23-32(31)38-39(37,30-20-18-29(19-21-30)36(6)7)33(34-27-11-9-8-10-12-27)26-14-16-28(17-15-26)35(4)5/h8-12,14-21,24-25,31-34H,13,22-23H2,1-7H3/t25-,31-,32-,33-,39-/m1/s1. The van der Waals surface area contributed by atoms with Crippen LogP contribution in [0.3, 0.4) is 0 Å². The van der Waals surface area contributed by atoms with Crippen molar-refractivity contribution in [2.24, 2.45) is 17.8 Å². The Balaban J connectivity index is 1.85. The second-order valence-corrected chi connectivity index (χ2v) is 14.3. The molecule has 0 heterocycles. The van der Waals surface area contributed by atoms with Crippen molar-refractivity contribution in [3.05, 3.63) is 84.4 Å². The minimum Gasteiger partial charge on any atom is -0.378 e. The molecule has 0 radical (unpaired) electrons. The van der Waals surface area contributed by atoms with Crippen LogP contribution in [0.2, 0.25) is 0 Å². The van der Waals surface area contributed by atoms with Crippen molar-refractivity contribution in [2.45, 2.75) is 51.9 Å². The molecule has 0 spiro atoms. The molecule has 1 saturated carbocycles. The minimum absolute atomic E-state index is 0.0609. The molecule has 0 amide bonds. The highest BCUT2D eigenvalue weighted by molar-refractivity contribution is 7.67. The molecule has 39 heavy (non-hydrogen) atoms. The van der Waals surface area contributed by atoms with Crippen molar-refractivity contribution in [2.75, 3.05) is 43.3 Å². The van der Waals surface area contributed by atoms with Gasteiger partial charge in [0.1, 0.15) is 5.78 Å². The molecule has 5 nitrogen and oxygen atoms in total. The summed E-state index contributed by atoms with van der Waals surface area (Å²) >= 11 is 0. The summed E-state index contributed by atoms with van der Waals surface area (Å²) < 4.78 is 22.7. The van der Waals surface area contributed by atoms with E-state index >= 15 is 4.57 Å². The van der Waals surface area contributed by atoms with E-state index in [2.05, 4.69) is 60.2 Å². The van der Waals surface area contributed by atoms with E-state index in [-0.39, 0.29) is 6.10 Å². The summed E-state index contributed by atoms with van der Waals surface area (Å²) in [5.74, 6) is 0.858. The summed E-state index contributed by atoms with van der Waals surface area (Å²) in [4.78, 5) is 4.14. The summed E-state index contributed by atoms with van der Waals surface area (Å²) in [5, 5.41) is 4.40. The Morgan fingerprint density at radius 3 is 1.92 bits per heavy atom. The normalized spacial score (nSPS) is 21.7. The molecule has 1 aliphatic carbocycles. The zero-order valence-electron chi connectivity index (χ0n) is 24.7. The van der Waals surface area contributed by atoms with Crippen LogP contribution in [0.25, 0.3) is 0 Å². The van der Waals surface area contributed by atoms with Crippen LogP contribution in [0.1, 0.15) is 51.4 Å². The van der Waals surface area contributed by atoms with Gasteiger partial charge >= 0.3 is 0 Å². The van der Waals surface area contributed by atoms with Crippen molar-refractivity contribution >= 4 is 29.7 Å². The van der Waals surface area contributed by atoms with Crippen LogP contribution in [0, 0.1) is 17.8 Å². The number of nitrogens with one attached hydrogen (secondary N) is 1. The van der Waals surface area contributed by atoms with Crippen LogP contribution in [-0.4, -0.2) is 34.3 Å². The van der Waals surface area contributed by atoms with E-state index in [0.29, 0.717) is 17.8 Å². The summed E-state index contributed by atoms with van der Waals surface area (Å²) in [7, 11) is 4.64. The molecular weight excluding hydrogens is 501 g/mol. The maximum absolute atomic E-state index is 15.7. The highest BCUT2D eigenvalue weighted by Gasteiger charge is 2.43. The maximum Gasteiger partial charge on any atom is 0.258 e. The first-order valence-electron chi connectivity index (χ1n) is 14.2. The third kappa shape index (κ3) is 6.88. The molecule has 3 aromatic rings. The van der Waals surface area contributed by atoms with E-state index in [1.807, 2.05) is 82.8 Å². The monoisotopic (exact) mass is 547 g/mol. The molecule has 0 unspecified atom stereocenters. The Labute approximate surface area is 236 Å². The number of para-hydroxylation sites is 1. The topological polar surface area (TPSA) is 44.8 Å². The number of anilines is 3. The Bertz CT molecular complexity index is 1230. The first-order valence-corrected chi connectivity index (χ1v) is 15.9. The van der Waals surface area contributed by atoms with Gasteiger partial charge in [0, 0.05) is 50.6 Å². The SMILES string of the molecule is CC(C)[C@H]1CC[C@@H](C)C[C@H]1O[P@](=O)(c1ccc(N(C)C)cc1)[C@@H](Nc1ccccc1)c1ccc(N(C)C)cc1. The van der Waals surface area contributed by atoms with E-state index in [9.17, 15) is 0 Å². The number of hydrogen-bond donors (Lipinski definition) is 1. The molecule has 6 heteroatoms. The molecule has 0 bridgehead atoms. The first-order chi connectivity index (χ1) is 18.6. The molecule has 1 N–H and O–H groups in total. The summed E-state index contributed by atoms with van der Waals surface area (Å²) in [6, 6.07) is 26.5. The molecule has 0 aliphatic heterocycles. The number of hydrogen-bond acceptors (Lipinski definition) is 5. The molecule has 0 aromatic heterocycles. The van der Waals surface area contributed by atoms with Gasteiger partial charge in [-0.3, -0.25) is 4.57 Å². The quantitative estimate of drug-likeness (QED) is 0.261. The fourth-order valence-corrected chi connectivity index (χ4v) is 8.31. The summed E-state index contributed by atoms with van der Waals surface area (Å²) in [5.41, 5.74) is 4.04. The van der Waals surface area contributed by atoms with E-state index in [1.54, 1.807) is 0 Å². The van der Waals surface area contributed by atoms with Crippen LogP contribution in [0.5, 0.6) is 0 Å². The first kappa shape index (κ1) is 29.2. The average molecular weight is 548 g/mol. The van der Waals surface area contributed by atoms with E-state index in [1.165, 1.54) is 6.42 Å². The third-order valence-electron chi connectivity index (χ3n) is 8.12. The molecule has 1 aliphatic rings. The number of nitrogens with zero attached hydrogens (tertiary/aromatic N) is 2. The van der Waals surface area contributed by atoms with Crippen LogP contribution in [-0.2, 0) is 9.09 Å². The van der Waals surface area contributed by atoms with Crippen molar-refractivity contribution in [3.63, 3.8) is 0 Å². The van der Waals surface area contributed by atoms with Gasteiger partial charge in [-0.2, -0.15) is 0 Å². The van der Waals surface area contributed by atoms with E-state index < -0.39 is 13.2 Å². The Morgan fingerprint density at radius 1 is 0.821 bits per heavy atom. The van der Waals surface area contributed by atoms with Crippen molar-refractivity contribution in [3.8, 4) is 0 Å². The lowest BCUT2D eigenvalue weighted by atomic mass is 9.75.